The zero-order valence-corrected chi connectivity index (χ0v) is 17.2. The van der Waals surface area contributed by atoms with Crippen molar-refractivity contribution in [3.8, 4) is 5.75 Å². The zero-order valence-electron chi connectivity index (χ0n) is 17.2. The van der Waals surface area contributed by atoms with Crippen molar-refractivity contribution in [1.29, 1.82) is 0 Å². The molecule has 2 rings (SSSR count). The highest BCUT2D eigenvalue weighted by Crippen LogP contribution is 2.36. The van der Waals surface area contributed by atoms with Crippen molar-refractivity contribution >= 4 is 5.97 Å². The molecule has 0 heterocycles. The number of benzene rings is 1. The lowest BCUT2D eigenvalue weighted by molar-refractivity contribution is -0.138. The summed E-state index contributed by atoms with van der Waals surface area (Å²) in [5.74, 6) is -0.713. The number of allylic oxidation sites excluding steroid dienone is 3. The normalized spacial score (nSPS) is 22.9. The number of ether oxygens (including phenoxy) is 1. The molecule has 5 nitrogen and oxygen atoms in total. The second kappa shape index (κ2) is 11.9. The number of aliphatic hydroxyl groups excluding tert-OH is 2. The van der Waals surface area contributed by atoms with E-state index in [0.717, 1.165) is 18.6 Å². The van der Waals surface area contributed by atoms with Crippen LogP contribution < -0.4 is 4.74 Å². The van der Waals surface area contributed by atoms with Crippen LogP contribution in [-0.2, 0) is 11.0 Å². The van der Waals surface area contributed by atoms with Crippen molar-refractivity contribution < 1.29 is 38.0 Å². The van der Waals surface area contributed by atoms with Gasteiger partial charge in [-0.05, 0) is 62.1 Å². The van der Waals surface area contributed by atoms with E-state index in [2.05, 4.69) is 0 Å². The van der Waals surface area contributed by atoms with E-state index in [-0.39, 0.29) is 30.6 Å². The Bertz CT molecular complexity index is 760. The Hall–Kier alpha value is -2.32. The van der Waals surface area contributed by atoms with Crippen LogP contribution in [0.4, 0.5) is 13.2 Å². The number of halogens is 3. The summed E-state index contributed by atoms with van der Waals surface area (Å²) in [6, 6.07) is 4.50. The topological polar surface area (TPSA) is 87.0 Å². The maximum absolute atomic E-state index is 12.7. The number of hydrogen-bond acceptors (Lipinski definition) is 4. The van der Waals surface area contributed by atoms with Gasteiger partial charge in [-0.3, -0.25) is 4.79 Å². The SMILES string of the molecule is O=C(O)CCC/C=C\C[C@H]1[C@@H](O)CC[C@@H]1/C=C/[C@@H](O)COc1cccc(C(F)(F)F)c1. The van der Waals surface area contributed by atoms with Gasteiger partial charge >= 0.3 is 12.1 Å². The van der Waals surface area contributed by atoms with Crippen molar-refractivity contribution in [2.45, 2.75) is 56.9 Å². The van der Waals surface area contributed by atoms with Gasteiger partial charge in [0.2, 0.25) is 0 Å². The van der Waals surface area contributed by atoms with E-state index in [4.69, 9.17) is 9.84 Å². The van der Waals surface area contributed by atoms with Gasteiger partial charge in [0.1, 0.15) is 18.5 Å². The van der Waals surface area contributed by atoms with E-state index in [1.807, 2.05) is 18.2 Å². The Morgan fingerprint density at radius 1 is 1.26 bits per heavy atom. The van der Waals surface area contributed by atoms with Gasteiger partial charge < -0.3 is 20.1 Å². The third kappa shape index (κ3) is 8.75. The molecule has 1 fully saturated rings. The van der Waals surface area contributed by atoms with Gasteiger partial charge in [0, 0.05) is 6.42 Å². The molecule has 31 heavy (non-hydrogen) atoms. The average Bonchev–Trinajstić information content (AvgIpc) is 3.06. The quantitative estimate of drug-likeness (QED) is 0.345. The molecule has 4 atom stereocenters. The molecule has 0 radical (unpaired) electrons. The van der Waals surface area contributed by atoms with E-state index in [1.54, 1.807) is 6.08 Å². The Morgan fingerprint density at radius 3 is 2.74 bits per heavy atom. The van der Waals surface area contributed by atoms with E-state index < -0.39 is 29.9 Å². The van der Waals surface area contributed by atoms with Crippen molar-refractivity contribution in [1.82, 2.24) is 0 Å². The van der Waals surface area contributed by atoms with E-state index in [0.29, 0.717) is 25.7 Å². The first-order valence-electron chi connectivity index (χ1n) is 10.4. The van der Waals surface area contributed by atoms with Gasteiger partial charge in [0.15, 0.2) is 0 Å². The number of carbonyl (C=O) groups is 1. The van der Waals surface area contributed by atoms with Crippen LogP contribution in [0.3, 0.4) is 0 Å². The molecule has 1 aromatic rings. The molecule has 8 heteroatoms. The van der Waals surface area contributed by atoms with Crippen LogP contribution >= 0.6 is 0 Å². The van der Waals surface area contributed by atoms with Gasteiger partial charge in [-0.1, -0.05) is 30.4 Å². The molecule has 172 valence electrons. The van der Waals surface area contributed by atoms with E-state index >= 15 is 0 Å². The van der Waals surface area contributed by atoms with Crippen LogP contribution in [0.15, 0.2) is 48.6 Å². The second-order valence-electron chi connectivity index (χ2n) is 7.75. The lowest BCUT2D eigenvalue weighted by Gasteiger charge is -2.18. The predicted molar refractivity (Wildman–Crippen MR) is 110 cm³/mol. The predicted octanol–water partition coefficient (Wildman–Crippen LogP) is 4.59. The highest BCUT2D eigenvalue weighted by molar-refractivity contribution is 5.66. The van der Waals surface area contributed by atoms with Crippen LogP contribution in [0, 0.1) is 11.8 Å². The first kappa shape index (κ1) is 24.9. The maximum atomic E-state index is 12.7. The summed E-state index contributed by atoms with van der Waals surface area (Å²) < 4.78 is 43.5. The average molecular weight is 442 g/mol. The number of aliphatic hydroxyl groups is 2. The van der Waals surface area contributed by atoms with Crippen molar-refractivity contribution in [3.63, 3.8) is 0 Å². The van der Waals surface area contributed by atoms with Crippen LogP contribution in [0.2, 0.25) is 0 Å². The summed E-state index contributed by atoms with van der Waals surface area (Å²) in [7, 11) is 0. The van der Waals surface area contributed by atoms with E-state index in [9.17, 15) is 28.2 Å². The number of rotatable bonds is 11. The summed E-state index contributed by atoms with van der Waals surface area (Å²) in [6.45, 7) is -0.179. The molecule has 0 unspecified atom stereocenters. The molecule has 0 spiro atoms. The summed E-state index contributed by atoms with van der Waals surface area (Å²) in [5, 5.41) is 29.0. The second-order valence-corrected chi connectivity index (χ2v) is 7.75. The molecule has 0 saturated heterocycles. The van der Waals surface area contributed by atoms with Gasteiger partial charge in [-0.2, -0.15) is 13.2 Å². The minimum Gasteiger partial charge on any atom is -0.491 e. The third-order valence-corrected chi connectivity index (χ3v) is 5.34. The summed E-state index contributed by atoms with van der Waals surface area (Å²) in [4.78, 5) is 10.5. The number of carboxylic acid groups (broad SMARTS) is 1. The van der Waals surface area contributed by atoms with Crippen molar-refractivity contribution in [2.75, 3.05) is 6.61 Å². The third-order valence-electron chi connectivity index (χ3n) is 5.34. The number of carboxylic acids is 1. The molecule has 0 aliphatic heterocycles. The van der Waals surface area contributed by atoms with Gasteiger partial charge in [-0.25, -0.2) is 0 Å². The fourth-order valence-electron chi connectivity index (χ4n) is 3.66. The Balaban J connectivity index is 1.81. The standard InChI is InChI=1S/C23H29F3O5/c24-23(25,26)17-6-5-7-19(14-17)31-15-18(27)12-10-16-11-13-21(28)20(16)8-3-1-2-4-9-22(29)30/h1,3,5-7,10,12,14,16,18,20-21,27-28H,2,4,8-9,11,13,15H2,(H,29,30)/b3-1-,12-10+/t16-,18+,20+,21-/m0/s1. The lowest BCUT2D eigenvalue weighted by atomic mass is 9.90. The van der Waals surface area contributed by atoms with Crippen LogP contribution in [-0.4, -0.2) is 40.1 Å². The molecule has 0 aromatic heterocycles. The Kier molecular flexibility index (Phi) is 9.58. The number of alkyl halides is 3. The molecule has 1 saturated carbocycles. The van der Waals surface area contributed by atoms with Crippen molar-refractivity contribution in [2.24, 2.45) is 11.8 Å². The molecule has 1 aliphatic carbocycles. The fourth-order valence-corrected chi connectivity index (χ4v) is 3.66. The van der Waals surface area contributed by atoms with Gasteiger partial charge in [0.05, 0.1) is 11.7 Å². The first-order valence-corrected chi connectivity index (χ1v) is 10.4. The van der Waals surface area contributed by atoms with Crippen LogP contribution in [0.1, 0.15) is 44.1 Å². The number of aliphatic carboxylic acids is 1. The molecule has 1 aromatic carbocycles. The molecule has 0 bridgehead atoms. The Morgan fingerprint density at radius 2 is 2.03 bits per heavy atom. The minimum absolute atomic E-state index is 0.00330. The van der Waals surface area contributed by atoms with Gasteiger partial charge in [0.25, 0.3) is 0 Å². The van der Waals surface area contributed by atoms with Crippen LogP contribution in [0.5, 0.6) is 5.75 Å². The first-order chi connectivity index (χ1) is 14.7. The lowest BCUT2D eigenvalue weighted by Crippen LogP contribution is -2.19. The zero-order chi connectivity index (χ0) is 22.9. The van der Waals surface area contributed by atoms with Gasteiger partial charge in [-0.15, -0.1) is 0 Å². The monoisotopic (exact) mass is 442 g/mol. The van der Waals surface area contributed by atoms with E-state index in [1.165, 1.54) is 12.1 Å². The number of unbranched alkanes of at least 4 members (excludes halogenated alkanes) is 1. The summed E-state index contributed by atoms with van der Waals surface area (Å²) in [6.07, 6.45) is 4.82. The molecule has 0 amide bonds. The molecule has 1 aliphatic rings. The summed E-state index contributed by atoms with van der Waals surface area (Å²) in [5.41, 5.74) is -0.811. The Labute approximate surface area is 179 Å². The highest BCUT2D eigenvalue weighted by Gasteiger charge is 2.32. The van der Waals surface area contributed by atoms with Crippen molar-refractivity contribution in [3.05, 3.63) is 54.1 Å². The molecule has 3 N–H and O–H groups in total. The molecular weight excluding hydrogens is 413 g/mol. The maximum Gasteiger partial charge on any atom is 0.416 e. The largest absolute Gasteiger partial charge is 0.491 e. The molecular formula is C23H29F3O5. The fraction of sp³-hybridized carbons (Fsp3) is 0.522. The minimum atomic E-state index is -4.46. The number of hydrogen-bond donors (Lipinski definition) is 3. The van der Waals surface area contributed by atoms with Crippen LogP contribution in [0.25, 0.3) is 0 Å². The smallest absolute Gasteiger partial charge is 0.416 e. The summed E-state index contributed by atoms with van der Waals surface area (Å²) >= 11 is 0. The highest BCUT2D eigenvalue weighted by atomic mass is 19.4.